The maximum atomic E-state index is 13.3. The minimum atomic E-state index is -0.700. The molecule has 17 heavy (non-hydrogen) atoms. The Labute approximate surface area is 97.7 Å². The molecule has 0 radical (unpaired) electrons. The highest BCUT2D eigenvalue weighted by Crippen LogP contribution is 2.41. The van der Waals surface area contributed by atoms with Crippen LogP contribution in [-0.4, -0.2) is 26.0 Å². The molecular weight excluding hydrogens is 228 g/mol. The Balaban J connectivity index is 2.05. The second kappa shape index (κ2) is 4.01. The molecule has 0 aromatic heterocycles. The number of rotatable bonds is 1. The quantitative estimate of drug-likeness (QED) is 0.808. The first-order chi connectivity index (χ1) is 8.21. The molecule has 2 atom stereocenters. The Morgan fingerprint density at radius 2 is 2.00 bits per heavy atom. The first kappa shape index (κ1) is 11.1. The summed E-state index contributed by atoms with van der Waals surface area (Å²) < 4.78 is 37.7. The van der Waals surface area contributed by atoms with Gasteiger partial charge in [-0.2, -0.15) is 0 Å². The van der Waals surface area contributed by atoms with Gasteiger partial charge in [-0.25, -0.2) is 8.78 Å². The Hall–Kier alpha value is -1.04. The normalized spacial score (nSPS) is 32.5. The fourth-order valence-electron chi connectivity index (χ4n) is 2.62. The van der Waals surface area contributed by atoms with Crippen molar-refractivity contribution in [2.24, 2.45) is 0 Å². The van der Waals surface area contributed by atoms with E-state index in [2.05, 4.69) is 5.32 Å². The lowest BCUT2D eigenvalue weighted by atomic mass is 9.83. The van der Waals surface area contributed by atoms with E-state index in [0.29, 0.717) is 18.5 Å². The molecule has 2 fully saturated rings. The van der Waals surface area contributed by atoms with E-state index in [4.69, 9.17) is 9.47 Å². The Morgan fingerprint density at radius 1 is 1.24 bits per heavy atom. The number of benzene rings is 1. The summed E-state index contributed by atoms with van der Waals surface area (Å²) in [6.07, 6.45) is 0.470. The van der Waals surface area contributed by atoms with Gasteiger partial charge < -0.3 is 14.8 Å². The van der Waals surface area contributed by atoms with Crippen LogP contribution in [-0.2, 0) is 15.1 Å². The van der Waals surface area contributed by atoms with Gasteiger partial charge in [0.1, 0.15) is 30.1 Å². The Morgan fingerprint density at radius 3 is 2.76 bits per heavy atom. The van der Waals surface area contributed by atoms with Crippen LogP contribution in [0, 0.1) is 11.6 Å². The highest BCUT2D eigenvalue weighted by molar-refractivity contribution is 5.28. The van der Waals surface area contributed by atoms with Crippen molar-refractivity contribution in [3.05, 3.63) is 35.4 Å². The van der Waals surface area contributed by atoms with Gasteiger partial charge in [-0.15, -0.1) is 0 Å². The summed E-state index contributed by atoms with van der Waals surface area (Å²) in [5.74, 6) is -1.16. The first-order valence-corrected chi connectivity index (χ1v) is 5.63. The highest BCUT2D eigenvalue weighted by Gasteiger charge is 2.48. The molecule has 2 aliphatic heterocycles. The smallest absolute Gasteiger partial charge is 0.148 e. The number of nitrogens with one attached hydrogen (secondary N) is 1. The zero-order valence-corrected chi connectivity index (χ0v) is 9.21. The molecule has 0 amide bonds. The summed E-state index contributed by atoms with van der Waals surface area (Å²) in [7, 11) is 0. The SMILES string of the molecule is Fc1cc(F)cc([C@]23CCNC[C@H]2OCO3)c1. The van der Waals surface area contributed by atoms with Crippen molar-refractivity contribution in [3.8, 4) is 0 Å². The average Bonchev–Trinajstić information content (AvgIpc) is 2.72. The van der Waals surface area contributed by atoms with E-state index in [1.165, 1.54) is 12.1 Å². The summed E-state index contributed by atoms with van der Waals surface area (Å²) in [4.78, 5) is 0. The first-order valence-electron chi connectivity index (χ1n) is 5.63. The van der Waals surface area contributed by atoms with E-state index in [1.54, 1.807) is 0 Å². The van der Waals surface area contributed by atoms with Crippen molar-refractivity contribution in [2.45, 2.75) is 18.1 Å². The molecular formula is C12H13F2NO2. The van der Waals surface area contributed by atoms with Gasteiger partial charge in [0.2, 0.25) is 0 Å². The van der Waals surface area contributed by atoms with E-state index < -0.39 is 17.2 Å². The van der Waals surface area contributed by atoms with Gasteiger partial charge in [0.15, 0.2) is 0 Å². The van der Waals surface area contributed by atoms with Crippen LogP contribution in [0.2, 0.25) is 0 Å². The minimum absolute atomic E-state index is 0.171. The lowest BCUT2D eigenvalue weighted by Crippen LogP contribution is -2.50. The lowest BCUT2D eigenvalue weighted by Gasteiger charge is -2.37. The average molecular weight is 241 g/mol. The van der Waals surface area contributed by atoms with Crippen molar-refractivity contribution < 1.29 is 18.3 Å². The van der Waals surface area contributed by atoms with E-state index in [9.17, 15) is 8.78 Å². The van der Waals surface area contributed by atoms with Crippen molar-refractivity contribution in [2.75, 3.05) is 19.9 Å². The summed E-state index contributed by atoms with van der Waals surface area (Å²) in [5, 5.41) is 3.19. The maximum Gasteiger partial charge on any atom is 0.148 e. The number of halogens is 2. The molecule has 1 N–H and O–H groups in total. The largest absolute Gasteiger partial charge is 0.347 e. The molecule has 3 rings (SSSR count). The monoisotopic (exact) mass is 241 g/mol. The third-order valence-corrected chi connectivity index (χ3v) is 3.46. The second-order valence-electron chi connectivity index (χ2n) is 4.42. The molecule has 1 aromatic carbocycles. The number of hydrogen-bond acceptors (Lipinski definition) is 3. The number of fused-ring (bicyclic) bond motifs is 1. The van der Waals surface area contributed by atoms with Gasteiger partial charge in [0.25, 0.3) is 0 Å². The summed E-state index contributed by atoms with van der Waals surface area (Å²) in [6, 6.07) is 3.53. The third kappa shape index (κ3) is 1.74. The summed E-state index contributed by atoms with van der Waals surface area (Å²) in [6.45, 7) is 1.56. The molecule has 5 heteroatoms. The molecule has 2 aliphatic rings. The van der Waals surface area contributed by atoms with Crippen LogP contribution < -0.4 is 5.32 Å². The minimum Gasteiger partial charge on any atom is -0.347 e. The van der Waals surface area contributed by atoms with Crippen LogP contribution in [0.25, 0.3) is 0 Å². The Kier molecular flexibility index (Phi) is 2.61. The molecule has 0 unspecified atom stereocenters. The number of ether oxygens (including phenoxy) is 2. The zero-order valence-electron chi connectivity index (χ0n) is 9.21. The molecule has 0 spiro atoms. The lowest BCUT2D eigenvalue weighted by molar-refractivity contribution is -0.0271. The molecule has 0 bridgehead atoms. The molecule has 92 valence electrons. The van der Waals surface area contributed by atoms with Crippen LogP contribution in [0.3, 0.4) is 0 Å². The molecule has 0 saturated carbocycles. The van der Waals surface area contributed by atoms with Gasteiger partial charge in [-0.05, 0) is 30.7 Å². The van der Waals surface area contributed by atoms with E-state index in [1.807, 2.05) is 0 Å². The van der Waals surface area contributed by atoms with Gasteiger partial charge in [0, 0.05) is 12.6 Å². The summed E-state index contributed by atoms with van der Waals surface area (Å²) >= 11 is 0. The van der Waals surface area contributed by atoms with Crippen LogP contribution in [0.4, 0.5) is 8.78 Å². The maximum absolute atomic E-state index is 13.3. The van der Waals surface area contributed by atoms with Crippen molar-refractivity contribution in [1.29, 1.82) is 0 Å². The number of hydrogen-bond donors (Lipinski definition) is 1. The number of piperidine rings is 1. The standard InChI is InChI=1S/C12H13F2NO2/c13-9-3-8(4-10(14)5-9)12-1-2-15-6-11(12)16-7-17-12/h3-5,11,15H,1-2,6-7H2/t11-,12-/m1/s1. The molecule has 1 aromatic rings. The van der Waals surface area contributed by atoms with Gasteiger partial charge in [-0.3, -0.25) is 0 Å². The topological polar surface area (TPSA) is 30.5 Å². The molecule has 0 aliphatic carbocycles. The van der Waals surface area contributed by atoms with Crippen LogP contribution in [0.15, 0.2) is 18.2 Å². The van der Waals surface area contributed by atoms with Crippen molar-refractivity contribution in [1.82, 2.24) is 5.32 Å². The molecule has 2 heterocycles. The molecule has 3 nitrogen and oxygen atoms in total. The molecule has 2 saturated heterocycles. The van der Waals surface area contributed by atoms with Gasteiger partial charge >= 0.3 is 0 Å². The van der Waals surface area contributed by atoms with E-state index in [-0.39, 0.29) is 12.9 Å². The third-order valence-electron chi connectivity index (χ3n) is 3.46. The summed E-state index contributed by atoms with van der Waals surface area (Å²) in [5.41, 5.74) is -0.173. The van der Waals surface area contributed by atoms with E-state index >= 15 is 0 Å². The fraction of sp³-hybridized carbons (Fsp3) is 0.500. The highest BCUT2D eigenvalue weighted by atomic mass is 19.1. The van der Waals surface area contributed by atoms with Crippen molar-refractivity contribution >= 4 is 0 Å². The van der Waals surface area contributed by atoms with Crippen LogP contribution >= 0.6 is 0 Å². The predicted octanol–water partition coefficient (Wildman–Crippen LogP) is 1.53. The van der Waals surface area contributed by atoms with Crippen LogP contribution in [0.1, 0.15) is 12.0 Å². The second-order valence-corrected chi connectivity index (χ2v) is 4.42. The van der Waals surface area contributed by atoms with E-state index in [0.717, 1.165) is 12.6 Å². The fourth-order valence-corrected chi connectivity index (χ4v) is 2.62. The van der Waals surface area contributed by atoms with Crippen LogP contribution in [0.5, 0.6) is 0 Å². The predicted molar refractivity (Wildman–Crippen MR) is 56.3 cm³/mol. The zero-order chi connectivity index (χ0) is 11.9. The Bertz CT molecular complexity index is 420. The van der Waals surface area contributed by atoms with Crippen molar-refractivity contribution in [3.63, 3.8) is 0 Å². The van der Waals surface area contributed by atoms with Gasteiger partial charge in [-0.1, -0.05) is 0 Å². The van der Waals surface area contributed by atoms with Gasteiger partial charge in [0.05, 0.1) is 0 Å².